The topological polar surface area (TPSA) is 129 Å². The number of rotatable bonds is 9. The van der Waals surface area contributed by atoms with Crippen molar-refractivity contribution in [2.24, 2.45) is 16.3 Å². The lowest BCUT2D eigenvalue weighted by molar-refractivity contribution is -0.187. The molecule has 42 heavy (non-hydrogen) atoms. The molecule has 3 aliphatic rings. The summed E-state index contributed by atoms with van der Waals surface area (Å²) >= 11 is 6.04. The van der Waals surface area contributed by atoms with Crippen LogP contribution in [0.15, 0.2) is 53.8 Å². The van der Waals surface area contributed by atoms with Crippen LogP contribution in [-0.4, -0.2) is 82.9 Å². The van der Waals surface area contributed by atoms with Crippen LogP contribution in [0.4, 0.5) is 13.2 Å². The molecule has 4 rings (SSSR count). The van der Waals surface area contributed by atoms with Crippen molar-refractivity contribution in [2.75, 3.05) is 19.7 Å². The smallest absolute Gasteiger partial charge is 0.383 e. The number of likely N-dealkylation sites (tertiary alicyclic amines) is 1. The highest BCUT2D eigenvalue weighted by Crippen LogP contribution is 2.42. The maximum Gasteiger partial charge on any atom is 0.410 e. The van der Waals surface area contributed by atoms with Crippen LogP contribution in [0, 0.1) is 5.41 Å². The van der Waals surface area contributed by atoms with Crippen molar-refractivity contribution in [3.63, 3.8) is 0 Å². The predicted molar refractivity (Wildman–Crippen MR) is 150 cm³/mol. The third-order valence-corrected chi connectivity index (χ3v) is 7.73. The zero-order valence-corrected chi connectivity index (χ0v) is 24.2. The van der Waals surface area contributed by atoms with Crippen LogP contribution >= 0.6 is 11.6 Å². The van der Waals surface area contributed by atoms with Gasteiger partial charge in [-0.05, 0) is 50.7 Å². The van der Waals surface area contributed by atoms with Gasteiger partial charge in [0.2, 0.25) is 11.8 Å². The van der Waals surface area contributed by atoms with Crippen molar-refractivity contribution in [3.8, 4) is 0 Å². The maximum absolute atomic E-state index is 13.9. The molecule has 0 bridgehead atoms. The first kappa shape index (κ1) is 31.5. The lowest BCUT2D eigenvalue weighted by Gasteiger charge is -2.44. The maximum atomic E-state index is 13.9. The molecule has 4 atom stereocenters. The summed E-state index contributed by atoms with van der Waals surface area (Å²) in [5.74, 6) is -2.04. The fraction of sp³-hybridized carbons (Fsp3) is 0.500. The van der Waals surface area contributed by atoms with E-state index in [1.165, 1.54) is 18.7 Å². The summed E-state index contributed by atoms with van der Waals surface area (Å²) < 4.78 is 46.8. The van der Waals surface area contributed by atoms with E-state index >= 15 is 0 Å². The van der Waals surface area contributed by atoms with E-state index in [1.807, 2.05) is 0 Å². The molecule has 3 heterocycles. The number of ether oxygens (including phenoxy) is 1. The molecule has 3 amide bonds. The van der Waals surface area contributed by atoms with Gasteiger partial charge in [0, 0.05) is 24.5 Å². The number of nitrogens with one attached hydrogen (secondary N) is 2. The molecule has 2 unspecified atom stereocenters. The van der Waals surface area contributed by atoms with Crippen LogP contribution in [0.1, 0.15) is 32.8 Å². The fourth-order valence-corrected chi connectivity index (χ4v) is 5.27. The molecule has 1 aromatic carbocycles. The Balaban J connectivity index is 1.60. The van der Waals surface area contributed by atoms with Gasteiger partial charge in [0.15, 0.2) is 0 Å². The second-order valence-electron chi connectivity index (χ2n) is 11.2. The Kier molecular flexibility index (Phi) is 9.05. The normalized spacial score (nSPS) is 23.7. The summed E-state index contributed by atoms with van der Waals surface area (Å²) in [5.41, 5.74) is 4.06. The zero-order chi connectivity index (χ0) is 30.9. The molecule has 0 aromatic heterocycles. The van der Waals surface area contributed by atoms with Gasteiger partial charge in [0.05, 0.1) is 30.5 Å². The highest BCUT2D eigenvalue weighted by atomic mass is 35.5. The monoisotopic (exact) mass is 610 g/mol. The minimum absolute atomic E-state index is 0.0563. The number of hydrazone groups is 1. The van der Waals surface area contributed by atoms with Gasteiger partial charge in [-0.1, -0.05) is 35.9 Å². The fourth-order valence-electron chi connectivity index (χ4n) is 5.06. The van der Waals surface area contributed by atoms with E-state index in [0.29, 0.717) is 10.0 Å². The first-order valence-electron chi connectivity index (χ1n) is 13.4. The number of nitrogens with zero attached hydrogens (tertiary/aromatic N) is 3. The summed E-state index contributed by atoms with van der Waals surface area (Å²) in [7, 11) is 0. The number of alkyl halides is 3. The van der Waals surface area contributed by atoms with Crippen LogP contribution in [0.5, 0.6) is 0 Å². The lowest BCUT2D eigenvalue weighted by atomic mass is 9.71. The average Bonchev–Trinajstić information content (AvgIpc) is 3.23. The Morgan fingerprint density at radius 1 is 1.31 bits per heavy atom. The molecule has 0 saturated carbocycles. The molecule has 0 spiro atoms. The Hall–Kier alpha value is -3.42. The standard InChI is InChI=1S/C28H34ClF3N6O4/c1-17(28(30,31)32)38-25(41)27(21-9-4-5-11-34-21)16-37(12-10-22(27)36-38)23(39)20(35-24(40)26(2,3)33)15-42-14-18-7-6-8-19(29)13-18/h4-9,11,13,17,20-21,34H,10,12,14-16,33H2,1-3H3,(H,35,40)/t17-,20?,21+,27?/m1/s1. The Bertz CT molecular complexity index is 1310. The van der Waals surface area contributed by atoms with Crippen molar-refractivity contribution in [3.05, 3.63) is 59.3 Å². The molecule has 0 radical (unpaired) electrons. The summed E-state index contributed by atoms with van der Waals surface area (Å²) in [6, 6.07) is 2.84. The first-order chi connectivity index (χ1) is 19.6. The van der Waals surface area contributed by atoms with Gasteiger partial charge >= 0.3 is 6.18 Å². The van der Waals surface area contributed by atoms with Crippen LogP contribution in [0.3, 0.4) is 0 Å². The number of hydrogen-bond donors (Lipinski definition) is 3. The van der Waals surface area contributed by atoms with Crippen LogP contribution in [-0.2, 0) is 25.7 Å². The molecular weight excluding hydrogens is 577 g/mol. The van der Waals surface area contributed by atoms with E-state index in [9.17, 15) is 27.6 Å². The molecule has 1 fully saturated rings. The number of nitrogens with two attached hydrogens (primary N) is 1. The molecule has 1 saturated heterocycles. The molecule has 3 aliphatic heterocycles. The number of carbonyl (C=O) groups is 3. The second kappa shape index (κ2) is 12.1. The number of hydrogen-bond acceptors (Lipinski definition) is 7. The molecule has 4 N–H and O–H groups in total. The quantitative estimate of drug-likeness (QED) is 0.394. The van der Waals surface area contributed by atoms with Gasteiger partial charge in [0.1, 0.15) is 17.5 Å². The molecule has 228 valence electrons. The van der Waals surface area contributed by atoms with Crippen LogP contribution < -0.4 is 16.4 Å². The highest BCUT2D eigenvalue weighted by Gasteiger charge is 2.61. The van der Waals surface area contributed by atoms with Crippen LogP contribution in [0.2, 0.25) is 5.02 Å². The van der Waals surface area contributed by atoms with Crippen molar-refractivity contribution >= 4 is 35.0 Å². The van der Waals surface area contributed by atoms with Gasteiger partial charge in [-0.25, -0.2) is 5.01 Å². The summed E-state index contributed by atoms with van der Waals surface area (Å²) in [5, 5.41) is 10.8. The van der Waals surface area contributed by atoms with Gasteiger partial charge in [-0.15, -0.1) is 0 Å². The van der Waals surface area contributed by atoms with E-state index in [-0.39, 0.29) is 38.4 Å². The Morgan fingerprint density at radius 3 is 2.67 bits per heavy atom. The number of fused-ring (bicyclic) bond motifs is 1. The number of dihydropyridines is 1. The third-order valence-electron chi connectivity index (χ3n) is 7.49. The Labute approximate surface area is 246 Å². The molecule has 10 nitrogen and oxygen atoms in total. The van der Waals surface area contributed by atoms with Gasteiger partial charge in [0.25, 0.3) is 5.91 Å². The summed E-state index contributed by atoms with van der Waals surface area (Å²) in [6.07, 6.45) is 1.95. The highest BCUT2D eigenvalue weighted by molar-refractivity contribution is 6.30. The number of piperidine rings is 1. The van der Waals surface area contributed by atoms with Crippen molar-refractivity contribution < 1.29 is 32.3 Å². The van der Waals surface area contributed by atoms with E-state index in [1.54, 1.807) is 48.7 Å². The van der Waals surface area contributed by atoms with Gasteiger partial charge in [-0.3, -0.25) is 14.4 Å². The SMILES string of the molecule is C[C@@H](N1N=C2CCN(C(=O)C(COCc3cccc(Cl)c3)NC(=O)C(C)(C)N)CC2([C@@H]2C=CC=CN2)C1=O)C(F)(F)F. The van der Waals surface area contributed by atoms with E-state index in [0.717, 1.165) is 12.5 Å². The minimum Gasteiger partial charge on any atom is -0.383 e. The molecule has 0 aliphatic carbocycles. The lowest BCUT2D eigenvalue weighted by Crippen LogP contribution is -2.65. The van der Waals surface area contributed by atoms with E-state index in [2.05, 4.69) is 15.7 Å². The van der Waals surface area contributed by atoms with Crippen molar-refractivity contribution in [2.45, 2.75) is 63.6 Å². The van der Waals surface area contributed by atoms with E-state index < -0.39 is 53.0 Å². The Morgan fingerprint density at radius 2 is 2.05 bits per heavy atom. The number of benzene rings is 1. The number of allylic oxidation sites excluding steroid dienone is 2. The number of amides is 3. The number of halogens is 4. The second-order valence-corrected chi connectivity index (χ2v) is 11.6. The summed E-state index contributed by atoms with van der Waals surface area (Å²) in [4.78, 5) is 41.9. The minimum atomic E-state index is -4.70. The average molecular weight is 611 g/mol. The largest absolute Gasteiger partial charge is 0.410 e. The predicted octanol–water partition coefficient (Wildman–Crippen LogP) is 2.49. The van der Waals surface area contributed by atoms with Gasteiger partial charge in [-0.2, -0.15) is 18.3 Å². The number of carbonyl (C=O) groups excluding carboxylic acids is 3. The third kappa shape index (κ3) is 6.47. The van der Waals surface area contributed by atoms with Gasteiger partial charge < -0.3 is 26.0 Å². The zero-order valence-electron chi connectivity index (χ0n) is 23.5. The van der Waals surface area contributed by atoms with Crippen molar-refractivity contribution in [1.29, 1.82) is 0 Å². The van der Waals surface area contributed by atoms with E-state index in [4.69, 9.17) is 22.1 Å². The first-order valence-corrected chi connectivity index (χ1v) is 13.8. The van der Waals surface area contributed by atoms with Crippen LogP contribution in [0.25, 0.3) is 0 Å². The molecule has 1 aromatic rings. The van der Waals surface area contributed by atoms with Crippen molar-refractivity contribution in [1.82, 2.24) is 20.5 Å². The summed E-state index contributed by atoms with van der Waals surface area (Å²) in [6.45, 7) is 3.52. The molecule has 14 heteroatoms. The molecular formula is C28H34ClF3N6O4.